The number of carbonyl (C=O) groups excluding carboxylic acids is 1. The predicted molar refractivity (Wildman–Crippen MR) is 91.0 cm³/mol. The predicted octanol–water partition coefficient (Wildman–Crippen LogP) is 0.159. The van der Waals surface area contributed by atoms with Crippen molar-refractivity contribution >= 4 is 16.0 Å². The summed E-state index contributed by atoms with van der Waals surface area (Å²) in [6.45, 7) is 0.837. The Kier molecular flexibility index (Phi) is 4.15. The zero-order valence-corrected chi connectivity index (χ0v) is 15.0. The van der Waals surface area contributed by atoms with Gasteiger partial charge in [0.1, 0.15) is 5.82 Å². The lowest BCUT2D eigenvalue weighted by Gasteiger charge is -2.42. The third kappa shape index (κ3) is 2.96. The molecule has 1 saturated heterocycles. The Morgan fingerprint density at radius 1 is 1.15 bits per heavy atom. The van der Waals surface area contributed by atoms with E-state index in [0.717, 1.165) is 30.3 Å². The summed E-state index contributed by atoms with van der Waals surface area (Å²) < 4.78 is 42.6. The van der Waals surface area contributed by atoms with Crippen LogP contribution in [0.1, 0.15) is 28.4 Å². The molecule has 9 heteroatoms. The first-order valence-electron chi connectivity index (χ1n) is 8.48. The fourth-order valence-corrected chi connectivity index (χ4v) is 5.61. The Balaban J connectivity index is 1.70. The molecule has 0 amide bonds. The van der Waals surface area contributed by atoms with Crippen molar-refractivity contribution in [2.24, 2.45) is 5.92 Å². The average Bonchev–Trinajstić information content (AvgIpc) is 2.62. The number of benzene rings is 1. The summed E-state index contributed by atoms with van der Waals surface area (Å²) in [5, 5.41) is 11.0. The molecule has 2 aromatic rings. The van der Waals surface area contributed by atoms with Gasteiger partial charge in [-0.1, -0.05) is 6.07 Å². The number of halogens is 1. The standard InChI is InChI=1S/C18H17FN2O5S/c19-15-5-4-13(7-14(15)18(23)24)27(25,26)20-8-11-6-12(10-20)16-2-1-3-17(22)21(16)9-11/h1-5,7,11-12H,6,8-10H2,(H,23,24)/p-1. The highest BCUT2D eigenvalue weighted by molar-refractivity contribution is 7.89. The van der Waals surface area contributed by atoms with Gasteiger partial charge in [-0.05, 0) is 36.6 Å². The van der Waals surface area contributed by atoms with Gasteiger partial charge in [0.05, 0.1) is 10.9 Å². The lowest BCUT2D eigenvalue weighted by Crippen LogP contribution is -2.49. The van der Waals surface area contributed by atoms with Crippen LogP contribution in [0.2, 0.25) is 0 Å². The van der Waals surface area contributed by atoms with Gasteiger partial charge in [-0.3, -0.25) is 4.79 Å². The van der Waals surface area contributed by atoms with Gasteiger partial charge >= 0.3 is 0 Å². The van der Waals surface area contributed by atoms with E-state index in [1.807, 2.05) is 6.07 Å². The number of carboxylic acid groups (broad SMARTS) is 1. The molecule has 2 aliphatic heterocycles. The lowest BCUT2D eigenvalue weighted by atomic mass is 9.84. The number of hydrogen-bond acceptors (Lipinski definition) is 5. The molecule has 4 rings (SSSR count). The minimum absolute atomic E-state index is 0.0211. The fourth-order valence-electron chi connectivity index (χ4n) is 4.02. The lowest BCUT2D eigenvalue weighted by molar-refractivity contribution is -0.255. The molecule has 3 heterocycles. The third-order valence-electron chi connectivity index (χ3n) is 5.24. The monoisotopic (exact) mass is 391 g/mol. The molecule has 7 nitrogen and oxygen atoms in total. The Morgan fingerprint density at radius 3 is 2.67 bits per heavy atom. The van der Waals surface area contributed by atoms with Crippen molar-refractivity contribution in [3.63, 3.8) is 0 Å². The first kappa shape index (κ1) is 17.9. The molecule has 2 bridgehead atoms. The van der Waals surface area contributed by atoms with Crippen molar-refractivity contribution in [2.75, 3.05) is 13.1 Å². The van der Waals surface area contributed by atoms with Gasteiger partial charge in [-0.2, -0.15) is 4.31 Å². The van der Waals surface area contributed by atoms with Gasteiger partial charge in [-0.25, -0.2) is 12.8 Å². The Morgan fingerprint density at radius 2 is 1.93 bits per heavy atom. The smallest absolute Gasteiger partial charge is 0.250 e. The molecular formula is C18H16FN2O5S-. The maximum absolute atomic E-state index is 13.6. The second-order valence-corrected chi connectivity index (χ2v) is 8.89. The molecule has 2 unspecified atom stereocenters. The molecule has 0 aliphatic carbocycles. The van der Waals surface area contributed by atoms with Crippen LogP contribution in [0, 0.1) is 11.7 Å². The molecule has 27 heavy (non-hydrogen) atoms. The van der Waals surface area contributed by atoms with Crippen molar-refractivity contribution < 1.29 is 22.7 Å². The maximum atomic E-state index is 13.6. The number of carbonyl (C=O) groups is 1. The van der Waals surface area contributed by atoms with Crippen LogP contribution in [0.15, 0.2) is 46.1 Å². The second kappa shape index (κ2) is 6.28. The minimum Gasteiger partial charge on any atom is -0.545 e. The quantitative estimate of drug-likeness (QED) is 0.742. The topological polar surface area (TPSA) is 99.5 Å². The van der Waals surface area contributed by atoms with Crippen LogP contribution in [-0.2, 0) is 16.6 Å². The zero-order valence-electron chi connectivity index (χ0n) is 14.2. The number of aromatic carboxylic acids is 1. The van der Waals surface area contributed by atoms with Crippen molar-refractivity contribution in [1.29, 1.82) is 0 Å². The number of sulfonamides is 1. The van der Waals surface area contributed by atoms with E-state index in [1.54, 1.807) is 10.6 Å². The van der Waals surface area contributed by atoms with Crippen molar-refractivity contribution in [3.8, 4) is 0 Å². The van der Waals surface area contributed by atoms with E-state index in [1.165, 1.54) is 10.4 Å². The maximum Gasteiger partial charge on any atom is 0.250 e. The minimum atomic E-state index is -4.00. The number of aromatic nitrogens is 1. The van der Waals surface area contributed by atoms with Crippen molar-refractivity contribution in [3.05, 3.63) is 63.8 Å². The average molecular weight is 391 g/mol. The number of nitrogens with zero attached hydrogens (tertiary/aromatic N) is 2. The van der Waals surface area contributed by atoms with Crippen molar-refractivity contribution in [2.45, 2.75) is 23.8 Å². The summed E-state index contributed by atoms with van der Waals surface area (Å²) in [4.78, 5) is 22.8. The van der Waals surface area contributed by atoms with E-state index in [0.29, 0.717) is 6.54 Å². The number of carboxylic acids is 1. The van der Waals surface area contributed by atoms with Crippen molar-refractivity contribution in [1.82, 2.24) is 8.87 Å². The Labute approximate surface area is 154 Å². The first-order valence-corrected chi connectivity index (χ1v) is 9.92. The van der Waals surface area contributed by atoms with Crippen LogP contribution in [0.4, 0.5) is 4.39 Å². The van der Waals surface area contributed by atoms with E-state index >= 15 is 0 Å². The molecule has 1 aromatic carbocycles. The molecule has 0 spiro atoms. The van der Waals surface area contributed by atoms with Gasteiger partial charge < -0.3 is 14.5 Å². The first-order chi connectivity index (χ1) is 12.8. The van der Waals surface area contributed by atoms with E-state index in [2.05, 4.69) is 0 Å². The normalized spacial score (nSPS) is 22.3. The third-order valence-corrected chi connectivity index (χ3v) is 7.07. The summed E-state index contributed by atoms with van der Waals surface area (Å²) in [7, 11) is -4.00. The summed E-state index contributed by atoms with van der Waals surface area (Å²) in [5.41, 5.74) is -0.0889. The van der Waals surface area contributed by atoms with E-state index in [9.17, 15) is 27.5 Å². The van der Waals surface area contributed by atoms with E-state index in [4.69, 9.17) is 0 Å². The summed E-state index contributed by atoms with van der Waals surface area (Å²) in [6.07, 6.45) is 0.781. The van der Waals surface area contributed by atoms with Gasteiger partial charge in [0.15, 0.2) is 0 Å². The van der Waals surface area contributed by atoms with E-state index in [-0.39, 0.29) is 35.4 Å². The fraction of sp³-hybridized carbons (Fsp3) is 0.333. The summed E-state index contributed by atoms with van der Waals surface area (Å²) in [5.74, 6) is -2.96. The Bertz CT molecular complexity index is 1100. The number of pyridine rings is 1. The number of fused-ring (bicyclic) bond motifs is 4. The van der Waals surface area contributed by atoms with Crippen LogP contribution >= 0.6 is 0 Å². The van der Waals surface area contributed by atoms with Gasteiger partial charge in [-0.15, -0.1) is 0 Å². The van der Waals surface area contributed by atoms with Crippen LogP contribution in [0.5, 0.6) is 0 Å². The van der Waals surface area contributed by atoms with Gasteiger partial charge in [0.2, 0.25) is 10.0 Å². The van der Waals surface area contributed by atoms with E-state index < -0.39 is 27.4 Å². The molecule has 2 aliphatic rings. The second-order valence-electron chi connectivity index (χ2n) is 6.95. The summed E-state index contributed by atoms with van der Waals surface area (Å²) >= 11 is 0. The number of hydrogen-bond donors (Lipinski definition) is 0. The zero-order chi connectivity index (χ0) is 19.3. The molecule has 2 atom stereocenters. The highest BCUT2D eigenvalue weighted by Gasteiger charge is 2.39. The molecule has 1 fully saturated rings. The largest absolute Gasteiger partial charge is 0.545 e. The van der Waals surface area contributed by atoms with Crippen LogP contribution < -0.4 is 10.7 Å². The Hall–Kier alpha value is -2.52. The van der Waals surface area contributed by atoms with Crippen LogP contribution in [0.3, 0.4) is 0 Å². The number of piperidine rings is 1. The van der Waals surface area contributed by atoms with Gasteiger partial charge in [0, 0.05) is 42.9 Å². The molecular weight excluding hydrogens is 375 g/mol. The van der Waals surface area contributed by atoms with Crippen LogP contribution in [0.25, 0.3) is 0 Å². The van der Waals surface area contributed by atoms with Gasteiger partial charge in [0.25, 0.3) is 5.56 Å². The number of rotatable bonds is 3. The molecule has 1 aromatic heterocycles. The molecule has 0 N–H and O–H groups in total. The summed E-state index contributed by atoms with van der Waals surface area (Å²) in [6, 6.07) is 7.64. The molecule has 0 saturated carbocycles. The molecule has 0 radical (unpaired) electrons. The highest BCUT2D eigenvalue weighted by atomic mass is 32.2. The highest BCUT2D eigenvalue weighted by Crippen LogP contribution is 2.37. The SMILES string of the molecule is O=C([O-])c1cc(S(=O)(=O)N2CC3CC(C2)c2cccc(=O)n2C3)ccc1F. The van der Waals surface area contributed by atoms with Crippen LogP contribution in [-0.4, -0.2) is 36.3 Å². The molecule has 142 valence electrons.